The summed E-state index contributed by atoms with van der Waals surface area (Å²) in [4.78, 5) is 12.9. The molecule has 1 unspecified atom stereocenters. The molecular formula is C22H21ClN4O. The zero-order chi connectivity index (χ0) is 20.3. The van der Waals surface area contributed by atoms with E-state index in [0.29, 0.717) is 28.4 Å². The van der Waals surface area contributed by atoms with Crippen molar-refractivity contribution in [2.75, 3.05) is 0 Å². The van der Waals surface area contributed by atoms with Gasteiger partial charge in [-0.1, -0.05) is 41.9 Å². The maximum Gasteiger partial charge on any atom is 0.255 e. The van der Waals surface area contributed by atoms with Gasteiger partial charge in [-0.05, 0) is 50.1 Å². The fraction of sp³-hybridized carbons (Fsp3) is 0.227. The third kappa shape index (κ3) is 4.08. The van der Waals surface area contributed by atoms with Crippen molar-refractivity contribution in [3.8, 4) is 6.07 Å². The van der Waals surface area contributed by atoms with Gasteiger partial charge >= 0.3 is 0 Å². The normalized spacial score (nSPS) is 11.7. The molecule has 0 aliphatic carbocycles. The van der Waals surface area contributed by atoms with Crippen molar-refractivity contribution in [3.05, 3.63) is 87.2 Å². The fourth-order valence-electron chi connectivity index (χ4n) is 3.17. The zero-order valence-corrected chi connectivity index (χ0v) is 16.8. The number of aromatic nitrogens is 2. The maximum absolute atomic E-state index is 12.9. The first kappa shape index (κ1) is 19.7. The van der Waals surface area contributed by atoms with E-state index >= 15 is 0 Å². The van der Waals surface area contributed by atoms with E-state index in [1.807, 2.05) is 57.2 Å². The second-order valence-corrected chi connectivity index (χ2v) is 7.13. The molecule has 5 nitrogen and oxygen atoms in total. The lowest BCUT2D eigenvalue weighted by molar-refractivity contribution is 0.0938. The summed E-state index contributed by atoms with van der Waals surface area (Å²) in [6, 6.07) is 16.7. The molecule has 0 bridgehead atoms. The number of nitrogens with zero attached hydrogens (tertiary/aromatic N) is 3. The monoisotopic (exact) mass is 392 g/mol. The molecule has 1 heterocycles. The van der Waals surface area contributed by atoms with Crippen LogP contribution in [0.15, 0.2) is 48.5 Å². The highest BCUT2D eigenvalue weighted by molar-refractivity contribution is 6.31. The summed E-state index contributed by atoms with van der Waals surface area (Å²) in [5.74, 6) is -0.169. The van der Waals surface area contributed by atoms with Crippen LogP contribution in [-0.2, 0) is 6.54 Å². The Bertz CT molecular complexity index is 1050. The van der Waals surface area contributed by atoms with E-state index in [9.17, 15) is 4.79 Å². The van der Waals surface area contributed by atoms with Gasteiger partial charge in [-0.3, -0.25) is 9.48 Å². The highest BCUT2D eigenvalue weighted by Gasteiger charge is 2.21. The lowest BCUT2D eigenvalue weighted by Gasteiger charge is -2.15. The first-order valence-corrected chi connectivity index (χ1v) is 9.37. The number of carbonyl (C=O) groups excluding carboxylic acids is 1. The lowest BCUT2D eigenvalue weighted by atomic mass is 10.1. The van der Waals surface area contributed by atoms with Gasteiger partial charge < -0.3 is 5.32 Å². The molecule has 3 rings (SSSR count). The van der Waals surface area contributed by atoms with Crippen molar-refractivity contribution in [2.45, 2.75) is 33.4 Å². The number of nitriles is 1. The number of halogens is 1. The van der Waals surface area contributed by atoms with Crippen LogP contribution in [0.2, 0.25) is 5.02 Å². The number of carbonyl (C=O) groups is 1. The third-order valence-corrected chi connectivity index (χ3v) is 5.14. The Balaban J connectivity index is 1.79. The first-order chi connectivity index (χ1) is 13.4. The minimum Gasteiger partial charge on any atom is -0.345 e. The molecule has 0 fully saturated rings. The molecule has 0 aliphatic rings. The van der Waals surface area contributed by atoms with Crippen molar-refractivity contribution in [1.82, 2.24) is 15.1 Å². The second kappa shape index (κ2) is 8.28. The molecule has 0 saturated heterocycles. The predicted octanol–water partition coefficient (Wildman–Crippen LogP) is 4.56. The van der Waals surface area contributed by atoms with E-state index in [1.54, 1.807) is 16.8 Å². The standard InChI is InChI=1S/C22H21ClN4O/c1-14(18-10-8-17(12-24)9-11-18)25-22(28)21-15(2)26-27(16(21)3)13-19-6-4-5-7-20(19)23/h4-11,14H,13H2,1-3H3,(H,25,28). The van der Waals surface area contributed by atoms with Gasteiger partial charge in [-0.25, -0.2) is 0 Å². The first-order valence-electron chi connectivity index (χ1n) is 8.99. The second-order valence-electron chi connectivity index (χ2n) is 6.72. The molecule has 6 heteroatoms. The lowest BCUT2D eigenvalue weighted by Crippen LogP contribution is -2.27. The third-order valence-electron chi connectivity index (χ3n) is 4.77. The van der Waals surface area contributed by atoms with E-state index in [2.05, 4.69) is 16.5 Å². The summed E-state index contributed by atoms with van der Waals surface area (Å²) in [5, 5.41) is 17.1. The van der Waals surface area contributed by atoms with Crippen LogP contribution in [0.5, 0.6) is 0 Å². The van der Waals surface area contributed by atoms with E-state index < -0.39 is 0 Å². The molecule has 0 aliphatic heterocycles. The smallest absolute Gasteiger partial charge is 0.255 e. The fourth-order valence-corrected chi connectivity index (χ4v) is 3.36. The van der Waals surface area contributed by atoms with Crippen LogP contribution >= 0.6 is 11.6 Å². The quantitative estimate of drug-likeness (QED) is 0.691. The number of aryl methyl sites for hydroxylation is 1. The molecule has 2 aromatic carbocycles. The Hall–Kier alpha value is -3.10. The molecule has 0 radical (unpaired) electrons. The number of benzene rings is 2. The van der Waals surface area contributed by atoms with Crippen LogP contribution in [0, 0.1) is 25.2 Å². The maximum atomic E-state index is 12.9. The summed E-state index contributed by atoms with van der Waals surface area (Å²) < 4.78 is 1.80. The average molecular weight is 393 g/mol. The van der Waals surface area contributed by atoms with Gasteiger partial charge in [-0.2, -0.15) is 10.4 Å². The van der Waals surface area contributed by atoms with E-state index in [1.165, 1.54) is 0 Å². The van der Waals surface area contributed by atoms with Gasteiger partial charge in [0, 0.05) is 10.7 Å². The van der Waals surface area contributed by atoms with Crippen molar-refractivity contribution >= 4 is 17.5 Å². The van der Waals surface area contributed by atoms with Crippen molar-refractivity contribution < 1.29 is 4.79 Å². The van der Waals surface area contributed by atoms with Crippen LogP contribution in [-0.4, -0.2) is 15.7 Å². The van der Waals surface area contributed by atoms with Gasteiger partial charge in [0.25, 0.3) is 5.91 Å². The average Bonchev–Trinajstić information content (AvgIpc) is 2.96. The molecule has 0 saturated carbocycles. The molecule has 1 amide bonds. The Morgan fingerprint density at radius 1 is 1.21 bits per heavy atom. The summed E-state index contributed by atoms with van der Waals surface area (Å²) >= 11 is 6.25. The molecular weight excluding hydrogens is 372 g/mol. The Morgan fingerprint density at radius 2 is 1.89 bits per heavy atom. The molecule has 142 valence electrons. The SMILES string of the molecule is Cc1nn(Cc2ccccc2Cl)c(C)c1C(=O)NC(C)c1ccc(C#N)cc1. The molecule has 28 heavy (non-hydrogen) atoms. The Morgan fingerprint density at radius 3 is 2.54 bits per heavy atom. The van der Waals surface area contributed by atoms with Gasteiger partial charge in [0.05, 0.1) is 35.5 Å². The summed E-state index contributed by atoms with van der Waals surface area (Å²) in [6.07, 6.45) is 0. The van der Waals surface area contributed by atoms with Gasteiger partial charge in [0.2, 0.25) is 0 Å². The zero-order valence-electron chi connectivity index (χ0n) is 16.0. The van der Waals surface area contributed by atoms with Crippen LogP contribution in [0.3, 0.4) is 0 Å². The summed E-state index contributed by atoms with van der Waals surface area (Å²) in [7, 11) is 0. The highest BCUT2D eigenvalue weighted by atomic mass is 35.5. The Labute approximate surface area is 169 Å². The Kier molecular flexibility index (Phi) is 5.81. The van der Waals surface area contributed by atoms with Crippen LogP contribution < -0.4 is 5.32 Å². The van der Waals surface area contributed by atoms with E-state index in [0.717, 1.165) is 16.8 Å². The van der Waals surface area contributed by atoms with Crippen molar-refractivity contribution in [2.24, 2.45) is 0 Å². The van der Waals surface area contributed by atoms with Gasteiger partial charge in [-0.15, -0.1) is 0 Å². The number of hydrogen-bond acceptors (Lipinski definition) is 3. The molecule has 3 aromatic rings. The van der Waals surface area contributed by atoms with Crippen LogP contribution in [0.4, 0.5) is 0 Å². The van der Waals surface area contributed by atoms with E-state index in [-0.39, 0.29) is 11.9 Å². The minimum atomic E-state index is -0.189. The van der Waals surface area contributed by atoms with Crippen LogP contribution in [0.1, 0.15) is 51.4 Å². The van der Waals surface area contributed by atoms with Gasteiger partial charge in [0.15, 0.2) is 0 Å². The molecule has 0 spiro atoms. The highest BCUT2D eigenvalue weighted by Crippen LogP contribution is 2.21. The number of amides is 1. The van der Waals surface area contributed by atoms with E-state index in [4.69, 9.17) is 16.9 Å². The molecule has 1 N–H and O–H groups in total. The topological polar surface area (TPSA) is 70.7 Å². The molecule has 1 atom stereocenters. The number of rotatable bonds is 5. The molecule has 1 aromatic heterocycles. The number of nitrogens with one attached hydrogen (secondary N) is 1. The number of hydrogen-bond donors (Lipinski definition) is 1. The van der Waals surface area contributed by atoms with Crippen molar-refractivity contribution in [1.29, 1.82) is 5.26 Å². The van der Waals surface area contributed by atoms with Gasteiger partial charge in [0.1, 0.15) is 0 Å². The minimum absolute atomic E-state index is 0.169. The van der Waals surface area contributed by atoms with Crippen molar-refractivity contribution in [3.63, 3.8) is 0 Å². The summed E-state index contributed by atoms with van der Waals surface area (Å²) in [6.45, 7) is 6.14. The largest absolute Gasteiger partial charge is 0.345 e. The predicted molar refractivity (Wildman–Crippen MR) is 109 cm³/mol. The summed E-state index contributed by atoms with van der Waals surface area (Å²) in [5.41, 5.74) is 4.53. The van der Waals surface area contributed by atoms with Crippen LogP contribution in [0.25, 0.3) is 0 Å².